The Bertz CT molecular complexity index is 296. The van der Waals surface area contributed by atoms with Crippen molar-refractivity contribution < 1.29 is 8.60 Å². The van der Waals surface area contributed by atoms with E-state index in [0.29, 0.717) is 10.5 Å². The van der Waals surface area contributed by atoms with Gasteiger partial charge in [0, 0.05) is 22.0 Å². The van der Waals surface area contributed by atoms with Gasteiger partial charge in [-0.05, 0) is 24.6 Å². The van der Waals surface area contributed by atoms with Gasteiger partial charge in [0.1, 0.15) is 5.82 Å². The molecule has 60 valence electrons. The average Bonchev–Trinajstić information content (AvgIpc) is 1.94. The minimum absolute atomic E-state index is 0.294. The molecule has 0 radical (unpaired) electrons. The molecule has 0 spiro atoms. The average molecular weight is 172 g/mol. The van der Waals surface area contributed by atoms with E-state index in [2.05, 4.69) is 0 Å². The van der Waals surface area contributed by atoms with Crippen LogP contribution in [0.3, 0.4) is 0 Å². The van der Waals surface area contributed by atoms with E-state index in [0.717, 1.165) is 0 Å². The lowest BCUT2D eigenvalue weighted by Gasteiger charge is -1.98. The molecular formula is C8H9FOS. The van der Waals surface area contributed by atoms with Crippen LogP contribution in [0.25, 0.3) is 0 Å². The number of hydrogen-bond acceptors (Lipinski definition) is 1. The lowest BCUT2D eigenvalue weighted by atomic mass is 10.2. The molecular weight excluding hydrogens is 163 g/mol. The Morgan fingerprint density at radius 3 is 2.55 bits per heavy atom. The maximum Gasteiger partial charge on any atom is 0.127 e. The van der Waals surface area contributed by atoms with Crippen LogP contribution in [0.15, 0.2) is 23.1 Å². The van der Waals surface area contributed by atoms with E-state index in [1.807, 2.05) is 0 Å². The van der Waals surface area contributed by atoms with E-state index in [1.165, 1.54) is 12.3 Å². The summed E-state index contributed by atoms with van der Waals surface area (Å²) in [7, 11) is -1.09. The molecule has 11 heavy (non-hydrogen) atoms. The van der Waals surface area contributed by atoms with E-state index in [-0.39, 0.29) is 5.82 Å². The molecule has 0 fully saturated rings. The van der Waals surface area contributed by atoms with Crippen molar-refractivity contribution >= 4 is 10.8 Å². The third-order valence-electron chi connectivity index (χ3n) is 1.48. The quantitative estimate of drug-likeness (QED) is 0.632. The predicted molar refractivity (Wildman–Crippen MR) is 43.5 cm³/mol. The van der Waals surface area contributed by atoms with Crippen LogP contribution in [-0.2, 0) is 10.8 Å². The zero-order valence-corrected chi connectivity index (χ0v) is 7.24. The molecule has 0 aliphatic heterocycles. The fraction of sp³-hybridized carbons (Fsp3) is 0.250. The summed E-state index contributed by atoms with van der Waals surface area (Å²) in [5.74, 6) is -0.294. The Kier molecular flexibility index (Phi) is 2.39. The van der Waals surface area contributed by atoms with Crippen molar-refractivity contribution in [3.63, 3.8) is 0 Å². The topological polar surface area (TPSA) is 17.1 Å². The molecule has 0 aromatic heterocycles. The highest BCUT2D eigenvalue weighted by Crippen LogP contribution is 2.11. The fourth-order valence-electron chi connectivity index (χ4n) is 0.752. The molecule has 0 bridgehead atoms. The molecule has 0 aliphatic carbocycles. The summed E-state index contributed by atoms with van der Waals surface area (Å²) in [5.41, 5.74) is 0.583. The van der Waals surface area contributed by atoms with Crippen LogP contribution in [0, 0.1) is 12.7 Å². The van der Waals surface area contributed by atoms with Crippen LogP contribution >= 0.6 is 0 Å². The monoisotopic (exact) mass is 172 g/mol. The number of hydrogen-bond donors (Lipinski definition) is 0. The van der Waals surface area contributed by atoms with Gasteiger partial charge in [-0.25, -0.2) is 4.39 Å². The summed E-state index contributed by atoms with van der Waals surface area (Å²) in [5, 5.41) is 0. The molecule has 1 atom stereocenters. The van der Waals surface area contributed by atoms with Gasteiger partial charge >= 0.3 is 0 Å². The van der Waals surface area contributed by atoms with E-state index in [4.69, 9.17) is 0 Å². The Labute approximate surface area is 67.7 Å². The Morgan fingerprint density at radius 2 is 2.09 bits per heavy atom. The van der Waals surface area contributed by atoms with Gasteiger partial charge in [-0.2, -0.15) is 0 Å². The lowest BCUT2D eigenvalue weighted by Crippen LogP contribution is -1.90. The first-order valence-corrected chi connectivity index (χ1v) is 4.76. The molecule has 0 saturated heterocycles. The van der Waals surface area contributed by atoms with E-state index in [9.17, 15) is 8.60 Å². The van der Waals surface area contributed by atoms with Gasteiger partial charge in [0.25, 0.3) is 0 Å². The van der Waals surface area contributed by atoms with Gasteiger partial charge in [-0.3, -0.25) is 4.21 Å². The fourth-order valence-corrected chi connectivity index (χ4v) is 1.28. The number of halogens is 1. The highest BCUT2D eigenvalue weighted by atomic mass is 32.2. The van der Waals surface area contributed by atoms with E-state index >= 15 is 0 Å². The molecule has 1 rings (SSSR count). The van der Waals surface area contributed by atoms with Crippen LogP contribution < -0.4 is 0 Å². The van der Waals surface area contributed by atoms with Crippen LogP contribution in [0.1, 0.15) is 5.56 Å². The third-order valence-corrected chi connectivity index (χ3v) is 2.39. The maximum atomic E-state index is 12.8. The molecule has 1 aromatic rings. The predicted octanol–water partition coefficient (Wildman–Crippen LogP) is 1.87. The van der Waals surface area contributed by atoms with Crippen molar-refractivity contribution in [2.45, 2.75) is 11.8 Å². The first kappa shape index (κ1) is 8.40. The molecule has 0 aliphatic rings. The largest absolute Gasteiger partial charge is 0.255 e. The molecule has 1 unspecified atom stereocenters. The molecule has 0 heterocycles. The van der Waals surface area contributed by atoms with Gasteiger partial charge in [0.2, 0.25) is 0 Å². The van der Waals surface area contributed by atoms with Crippen molar-refractivity contribution in [3.8, 4) is 0 Å². The maximum absolute atomic E-state index is 12.8. The van der Waals surface area contributed by atoms with Gasteiger partial charge in [0.15, 0.2) is 0 Å². The zero-order chi connectivity index (χ0) is 8.43. The van der Waals surface area contributed by atoms with Gasteiger partial charge in [0.05, 0.1) is 0 Å². The molecule has 0 amide bonds. The molecule has 0 N–H and O–H groups in total. The second-order valence-corrected chi connectivity index (χ2v) is 3.74. The molecule has 1 aromatic carbocycles. The van der Waals surface area contributed by atoms with Gasteiger partial charge in [-0.1, -0.05) is 6.07 Å². The summed E-state index contributed by atoms with van der Waals surface area (Å²) in [6, 6.07) is 4.62. The molecule has 0 saturated carbocycles. The van der Waals surface area contributed by atoms with Gasteiger partial charge < -0.3 is 0 Å². The Morgan fingerprint density at radius 1 is 1.45 bits per heavy atom. The lowest BCUT2D eigenvalue weighted by molar-refractivity contribution is 0.613. The summed E-state index contributed by atoms with van der Waals surface area (Å²) in [4.78, 5) is 0.535. The number of rotatable bonds is 1. The first-order chi connectivity index (χ1) is 5.11. The van der Waals surface area contributed by atoms with Crippen molar-refractivity contribution in [1.82, 2.24) is 0 Å². The van der Waals surface area contributed by atoms with Crippen molar-refractivity contribution in [1.29, 1.82) is 0 Å². The normalized spacial score (nSPS) is 13.0. The summed E-state index contributed by atoms with van der Waals surface area (Å²) in [6.45, 7) is 1.68. The van der Waals surface area contributed by atoms with Gasteiger partial charge in [-0.15, -0.1) is 0 Å². The SMILES string of the molecule is Cc1ccc(S(C)=O)cc1F. The minimum atomic E-state index is -1.09. The smallest absolute Gasteiger partial charge is 0.127 e. The summed E-state index contributed by atoms with van der Waals surface area (Å²) in [6.07, 6.45) is 1.53. The molecule has 1 nitrogen and oxygen atoms in total. The van der Waals surface area contributed by atoms with Crippen LogP contribution in [0.5, 0.6) is 0 Å². The van der Waals surface area contributed by atoms with Crippen LogP contribution in [-0.4, -0.2) is 10.5 Å². The van der Waals surface area contributed by atoms with Crippen molar-refractivity contribution in [3.05, 3.63) is 29.6 Å². The number of benzene rings is 1. The summed E-state index contributed by atoms with van der Waals surface area (Å²) < 4.78 is 23.7. The van der Waals surface area contributed by atoms with Crippen molar-refractivity contribution in [2.24, 2.45) is 0 Å². The Balaban J connectivity index is 3.15. The summed E-state index contributed by atoms with van der Waals surface area (Å²) >= 11 is 0. The van der Waals surface area contributed by atoms with E-state index in [1.54, 1.807) is 19.1 Å². The number of aryl methyl sites for hydroxylation is 1. The standard InChI is InChI=1S/C8H9FOS/c1-6-3-4-7(11(2)10)5-8(6)9/h3-5H,1-2H3. The van der Waals surface area contributed by atoms with E-state index < -0.39 is 10.8 Å². The van der Waals surface area contributed by atoms with Crippen LogP contribution in [0.2, 0.25) is 0 Å². The highest BCUT2D eigenvalue weighted by Gasteiger charge is 2.00. The second-order valence-electron chi connectivity index (χ2n) is 2.37. The third kappa shape index (κ3) is 1.87. The highest BCUT2D eigenvalue weighted by molar-refractivity contribution is 7.84. The minimum Gasteiger partial charge on any atom is -0.255 e. The Hall–Kier alpha value is -0.700. The molecule has 3 heteroatoms. The second kappa shape index (κ2) is 3.13. The van der Waals surface area contributed by atoms with Crippen LogP contribution in [0.4, 0.5) is 4.39 Å². The zero-order valence-electron chi connectivity index (χ0n) is 6.43. The van der Waals surface area contributed by atoms with Crippen molar-refractivity contribution in [2.75, 3.05) is 6.26 Å². The first-order valence-electron chi connectivity index (χ1n) is 3.21.